The first-order chi connectivity index (χ1) is 7.74. The lowest BCUT2D eigenvalue weighted by atomic mass is 9.88. The summed E-state index contributed by atoms with van der Waals surface area (Å²) in [4.78, 5) is 0. The molecule has 1 nitrogen and oxygen atoms in total. The van der Waals surface area contributed by atoms with E-state index in [9.17, 15) is 0 Å². The zero-order chi connectivity index (χ0) is 11.5. The van der Waals surface area contributed by atoms with Crippen molar-refractivity contribution in [1.29, 1.82) is 0 Å². The van der Waals surface area contributed by atoms with Gasteiger partial charge in [-0.2, -0.15) is 0 Å². The van der Waals surface area contributed by atoms with Gasteiger partial charge in [0.05, 0.1) is 0 Å². The fourth-order valence-electron chi connectivity index (χ4n) is 2.02. The van der Waals surface area contributed by atoms with E-state index in [0.29, 0.717) is 0 Å². The lowest BCUT2D eigenvalue weighted by Gasteiger charge is -2.18. The zero-order valence-corrected chi connectivity index (χ0v) is 9.72. The maximum absolute atomic E-state index is 4.08. The smallest absolute Gasteiger partial charge is 0.0343 e. The van der Waals surface area contributed by atoms with Gasteiger partial charge in [-0.25, -0.2) is 0 Å². The minimum Gasteiger partial charge on any atom is -0.385 e. The number of hydrogen-bond donors (Lipinski definition) is 1. The monoisotopic (exact) mass is 211 g/mol. The number of allylic oxidation sites excluding steroid dienone is 3. The molecule has 0 atom stereocenters. The Morgan fingerprint density at radius 1 is 1.44 bits per heavy atom. The third kappa shape index (κ3) is 1.94. The van der Waals surface area contributed by atoms with Gasteiger partial charge in [0.1, 0.15) is 0 Å². The van der Waals surface area contributed by atoms with Gasteiger partial charge in [0.25, 0.3) is 0 Å². The molecule has 1 heteroatoms. The Balaban J connectivity index is 2.40. The predicted octanol–water partition coefficient (Wildman–Crippen LogP) is 3.80. The summed E-state index contributed by atoms with van der Waals surface area (Å²) in [6.45, 7) is 11.0. The molecule has 0 saturated carbocycles. The van der Waals surface area contributed by atoms with Crippen molar-refractivity contribution in [2.24, 2.45) is 0 Å². The number of fused-ring (bicyclic) bond motifs is 1. The molecule has 0 aliphatic heterocycles. The van der Waals surface area contributed by atoms with Crippen molar-refractivity contribution < 1.29 is 0 Å². The van der Waals surface area contributed by atoms with Crippen LogP contribution in [0.15, 0.2) is 48.6 Å². The Kier molecular flexibility index (Phi) is 2.95. The van der Waals surface area contributed by atoms with E-state index in [4.69, 9.17) is 0 Å². The highest BCUT2D eigenvalue weighted by Crippen LogP contribution is 2.29. The predicted molar refractivity (Wildman–Crippen MR) is 71.6 cm³/mol. The fourth-order valence-corrected chi connectivity index (χ4v) is 2.02. The van der Waals surface area contributed by atoms with Crippen LogP contribution in [-0.2, 0) is 6.42 Å². The van der Waals surface area contributed by atoms with E-state index >= 15 is 0 Å². The summed E-state index contributed by atoms with van der Waals surface area (Å²) in [5, 5.41) is 3.33. The minimum atomic E-state index is 0.923. The molecule has 0 radical (unpaired) electrons. The normalized spacial score (nSPS) is 14.1. The van der Waals surface area contributed by atoms with Gasteiger partial charge in [-0.15, -0.1) is 0 Å². The van der Waals surface area contributed by atoms with Crippen molar-refractivity contribution in [3.63, 3.8) is 0 Å². The van der Waals surface area contributed by atoms with Crippen LogP contribution in [0.3, 0.4) is 0 Å². The van der Waals surface area contributed by atoms with E-state index in [-0.39, 0.29) is 0 Å². The molecule has 0 bridgehead atoms. The maximum atomic E-state index is 4.08. The van der Waals surface area contributed by atoms with Crippen LogP contribution in [0.2, 0.25) is 0 Å². The number of anilines is 1. The van der Waals surface area contributed by atoms with Crippen LogP contribution >= 0.6 is 0 Å². The van der Waals surface area contributed by atoms with E-state index in [1.54, 1.807) is 0 Å². The molecule has 1 aliphatic carbocycles. The van der Waals surface area contributed by atoms with Crippen LogP contribution in [-0.4, -0.2) is 6.54 Å². The van der Waals surface area contributed by atoms with Crippen LogP contribution in [0.5, 0.6) is 0 Å². The van der Waals surface area contributed by atoms with Crippen LogP contribution in [0.4, 0.5) is 5.69 Å². The van der Waals surface area contributed by atoms with Gasteiger partial charge in [-0.3, -0.25) is 0 Å². The molecule has 0 heterocycles. The largest absolute Gasteiger partial charge is 0.385 e. The molecule has 16 heavy (non-hydrogen) atoms. The molecule has 0 spiro atoms. The number of rotatable bonds is 3. The zero-order valence-electron chi connectivity index (χ0n) is 9.72. The highest BCUT2D eigenvalue weighted by Gasteiger charge is 2.11. The van der Waals surface area contributed by atoms with Gasteiger partial charge in [-0.05, 0) is 53.8 Å². The van der Waals surface area contributed by atoms with Crippen LogP contribution in [0, 0.1) is 0 Å². The summed E-state index contributed by atoms with van der Waals surface area (Å²) in [5.41, 5.74) is 6.11. The number of benzene rings is 1. The van der Waals surface area contributed by atoms with Gasteiger partial charge < -0.3 is 5.32 Å². The molecule has 82 valence electrons. The van der Waals surface area contributed by atoms with E-state index < -0.39 is 0 Å². The van der Waals surface area contributed by atoms with Crippen LogP contribution in [0.1, 0.15) is 18.1 Å². The Labute approximate surface area is 97.2 Å². The van der Waals surface area contributed by atoms with Crippen LogP contribution < -0.4 is 5.32 Å². The van der Waals surface area contributed by atoms with Gasteiger partial charge in [0.2, 0.25) is 0 Å². The van der Waals surface area contributed by atoms with Gasteiger partial charge >= 0.3 is 0 Å². The molecule has 0 amide bonds. The van der Waals surface area contributed by atoms with Crippen molar-refractivity contribution in [2.75, 3.05) is 11.9 Å². The molecule has 0 fully saturated rings. The molecule has 0 unspecified atom stereocenters. The molecular formula is C15H17N. The molecule has 0 aromatic heterocycles. The molecular weight excluding hydrogens is 194 g/mol. The van der Waals surface area contributed by atoms with Crippen LogP contribution in [0.25, 0.3) is 6.08 Å². The SMILES string of the molecule is C=CC1=Cc2ccc(NCC)cc2CC1=C. The molecule has 1 N–H and O–H groups in total. The first-order valence-electron chi connectivity index (χ1n) is 5.63. The first kappa shape index (κ1) is 10.7. The van der Waals surface area contributed by atoms with E-state index in [0.717, 1.165) is 24.1 Å². The Bertz CT molecular complexity index is 466. The number of hydrogen-bond acceptors (Lipinski definition) is 1. The second-order valence-corrected chi connectivity index (χ2v) is 4.03. The molecule has 2 rings (SSSR count). The average Bonchev–Trinajstić information content (AvgIpc) is 2.28. The average molecular weight is 211 g/mol. The molecule has 1 aromatic carbocycles. The summed E-state index contributed by atoms with van der Waals surface area (Å²) in [6.07, 6.45) is 4.96. The number of nitrogens with one attached hydrogen (secondary N) is 1. The lowest BCUT2D eigenvalue weighted by Crippen LogP contribution is -2.03. The Morgan fingerprint density at radius 2 is 2.25 bits per heavy atom. The second kappa shape index (κ2) is 4.40. The van der Waals surface area contributed by atoms with Crippen molar-refractivity contribution >= 4 is 11.8 Å². The minimum absolute atomic E-state index is 0.923. The summed E-state index contributed by atoms with van der Waals surface area (Å²) in [6, 6.07) is 6.48. The Morgan fingerprint density at radius 3 is 2.94 bits per heavy atom. The lowest BCUT2D eigenvalue weighted by molar-refractivity contribution is 1.14. The maximum Gasteiger partial charge on any atom is 0.0343 e. The highest BCUT2D eigenvalue weighted by atomic mass is 14.8. The van der Waals surface area contributed by atoms with Gasteiger partial charge in [0, 0.05) is 12.2 Å². The van der Waals surface area contributed by atoms with Gasteiger partial charge in [0.15, 0.2) is 0 Å². The van der Waals surface area contributed by atoms with Crippen molar-refractivity contribution in [2.45, 2.75) is 13.3 Å². The molecule has 1 aromatic rings. The topological polar surface area (TPSA) is 12.0 Å². The summed E-state index contributed by atoms with van der Waals surface area (Å²) >= 11 is 0. The van der Waals surface area contributed by atoms with Crippen molar-refractivity contribution in [3.8, 4) is 0 Å². The summed E-state index contributed by atoms with van der Waals surface area (Å²) in [5.74, 6) is 0. The first-order valence-corrected chi connectivity index (χ1v) is 5.63. The summed E-state index contributed by atoms with van der Waals surface area (Å²) in [7, 11) is 0. The highest BCUT2D eigenvalue weighted by molar-refractivity contribution is 5.70. The second-order valence-electron chi connectivity index (χ2n) is 4.03. The van der Waals surface area contributed by atoms with E-state index in [1.807, 2.05) is 6.08 Å². The summed E-state index contributed by atoms with van der Waals surface area (Å²) < 4.78 is 0. The van der Waals surface area contributed by atoms with E-state index in [1.165, 1.54) is 16.8 Å². The third-order valence-electron chi connectivity index (χ3n) is 2.87. The van der Waals surface area contributed by atoms with Gasteiger partial charge in [-0.1, -0.05) is 25.3 Å². The molecule has 1 aliphatic rings. The quantitative estimate of drug-likeness (QED) is 0.801. The third-order valence-corrected chi connectivity index (χ3v) is 2.87. The van der Waals surface area contributed by atoms with E-state index in [2.05, 4.69) is 49.7 Å². The fraction of sp³-hybridized carbons (Fsp3) is 0.200. The van der Waals surface area contributed by atoms with Crippen molar-refractivity contribution in [1.82, 2.24) is 0 Å². The van der Waals surface area contributed by atoms with Crippen molar-refractivity contribution in [3.05, 3.63) is 59.7 Å². The Hall–Kier alpha value is -1.76. The molecule has 0 saturated heterocycles. The standard InChI is InChI=1S/C15H17N/c1-4-12-9-13-6-7-15(16-5-2)10-14(13)8-11(12)3/h4,6-7,9-10,16H,1,3,5,8H2,2H3.